The zero-order chi connectivity index (χ0) is 26.3. The van der Waals surface area contributed by atoms with Crippen molar-refractivity contribution >= 4 is 23.4 Å². The fraction of sp³-hybridized carbons (Fsp3) is 0.481. The van der Waals surface area contributed by atoms with E-state index in [9.17, 15) is 22.8 Å². The standard InChI is InChI=1S/C27H32ClF3N2O3/c1-32(2)25(34)22-12-11-21(18-23(22)28)36-17-7-6-8-19-13-15-33(16-14-19)26(35)24(27(29,30)31)20-9-4-3-5-10-20/h3-5,9-12,18-19,24H,6-8,13-17H2,1-2H3/t24-/m0/s1. The predicted octanol–water partition coefficient (Wildman–Crippen LogP) is 6.18. The zero-order valence-electron chi connectivity index (χ0n) is 20.6. The van der Waals surface area contributed by atoms with Gasteiger partial charge >= 0.3 is 6.18 Å². The first kappa shape index (κ1) is 27.8. The van der Waals surface area contributed by atoms with Gasteiger partial charge in [-0.2, -0.15) is 13.2 Å². The molecule has 196 valence electrons. The maximum Gasteiger partial charge on any atom is 0.404 e. The van der Waals surface area contributed by atoms with E-state index in [0.717, 1.165) is 19.3 Å². The van der Waals surface area contributed by atoms with Gasteiger partial charge in [0.1, 0.15) is 5.75 Å². The van der Waals surface area contributed by atoms with E-state index < -0.39 is 18.0 Å². The van der Waals surface area contributed by atoms with Crippen LogP contribution < -0.4 is 4.74 Å². The van der Waals surface area contributed by atoms with Crippen LogP contribution in [0.15, 0.2) is 48.5 Å². The summed E-state index contributed by atoms with van der Waals surface area (Å²) in [6.45, 7) is 1.19. The number of halogens is 4. The van der Waals surface area contributed by atoms with Crippen molar-refractivity contribution in [3.05, 3.63) is 64.7 Å². The number of carbonyl (C=O) groups is 2. The maximum atomic E-state index is 13.7. The molecule has 0 aromatic heterocycles. The van der Waals surface area contributed by atoms with Gasteiger partial charge in [-0.15, -0.1) is 0 Å². The monoisotopic (exact) mass is 524 g/mol. The Morgan fingerprint density at radius 3 is 2.33 bits per heavy atom. The van der Waals surface area contributed by atoms with E-state index >= 15 is 0 Å². The molecule has 0 bridgehead atoms. The highest BCUT2D eigenvalue weighted by Gasteiger charge is 2.47. The Morgan fingerprint density at radius 1 is 1.08 bits per heavy atom. The molecule has 0 radical (unpaired) electrons. The SMILES string of the molecule is CN(C)C(=O)c1ccc(OCCCCC2CCN(C(=O)[C@H](c3ccccc3)C(F)(F)F)CC2)cc1Cl. The molecule has 0 saturated carbocycles. The molecule has 3 rings (SSSR count). The number of carbonyl (C=O) groups excluding carboxylic acids is 2. The number of hydrogen-bond acceptors (Lipinski definition) is 3. The third kappa shape index (κ3) is 7.38. The van der Waals surface area contributed by atoms with E-state index in [0.29, 0.717) is 54.8 Å². The highest BCUT2D eigenvalue weighted by Crippen LogP contribution is 2.37. The first-order valence-corrected chi connectivity index (χ1v) is 12.5. The van der Waals surface area contributed by atoms with Gasteiger partial charge in [0.15, 0.2) is 5.92 Å². The van der Waals surface area contributed by atoms with Crippen LogP contribution in [-0.4, -0.2) is 61.6 Å². The molecule has 1 heterocycles. The third-order valence-corrected chi connectivity index (χ3v) is 6.80. The molecule has 0 spiro atoms. The Hall–Kier alpha value is -2.74. The van der Waals surface area contributed by atoms with Crippen LogP contribution in [0.5, 0.6) is 5.75 Å². The average Bonchev–Trinajstić information content (AvgIpc) is 2.83. The van der Waals surface area contributed by atoms with E-state index in [1.807, 2.05) is 0 Å². The summed E-state index contributed by atoms with van der Waals surface area (Å²) in [5, 5.41) is 0.340. The number of rotatable bonds is 9. The zero-order valence-corrected chi connectivity index (χ0v) is 21.3. The van der Waals surface area contributed by atoms with Crippen LogP contribution in [0, 0.1) is 5.92 Å². The minimum absolute atomic E-state index is 0.0163. The number of ether oxygens (including phenoxy) is 1. The molecule has 0 N–H and O–H groups in total. The highest BCUT2D eigenvalue weighted by molar-refractivity contribution is 6.34. The largest absolute Gasteiger partial charge is 0.494 e. The molecule has 1 atom stereocenters. The fourth-order valence-electron chi connectivity index (χ4n) is 4.47. The summed E-state index contributed by atoms with van der Waals surface area (Å²) in [5.74, 6) is -2.18. The number of hydrogen-bond donors (Lipinski definition) is 0. The topological polar surface area (TPSA) is 49.9 Å². The summed E-state index contributed by atoms with van der Waals surface area (Å²) in [6, 6.07) is 12.4. The molecule has 5 nitrogen and oxygen atoms in total. The Morgan fingerprint density at radius 2 is 1.75 bits per heavy atom. The van der Waals surface area contributed by atoms with Gasteiger partial charge in [-0.1, -0.05) is 48.4 Å². The van der Waals surface area contributed by atoms with Crippen LogP contribution in [0.4, 0.5) is 13.2 Å². The van der Waals surface area contributed by atoms with Gasteiger partial charge in [-0.3, -0.25) is 9.59 Å². The maximum absolute atomic E-state index is 13.7. The lowest BCUT2D eigenvalue weighted by atomic mass is 9.90. The average molecular weight is 525 g/mol. The van der Waals surface area contributed by atoms with Gasteiger partial charge in [0.2, 0.25) is 5.91 Å². The smallest absolute Gasteiger partial charge is 0.404 e. The first-order valence-electron chi connectivity index (χ1n) is 12.1. The Balaban J connectivity index is 1.40. The van der Waals surface area contributed by atoms with Crippen molar-refractivity contribution in [1.82, 2.24) is 9.80 Å². The van der Waals surface area contributed by atoms with Crippen LogP contribution in [0.2, 0.25) is 5.02 Å². The first-order chi connectivity index (χ1) is 17.1. The molecule has 9 heteroatoms. The van der Waals surface area contributed by atoms with Gasteiger partial charge in [0.25, 0.3) is 5.91 Å². The summed E-state index contributed by atoms with van der Waals surface area (Å²) < 4.78 is 46.8. The normalized spacial score (nSPS) is 15.4. The van der Waals surface area contributed by atoms with Crippen molar-refractivity contribution in [3.8, 4) is 5.75 Å². The Kier molecular flexibility index (Phi) is 9.65. The van der Waals surface area contributed by atoms with Crippen LogP contribution in [-0.2, 0) is 4.79 Å². The van der Waals surface area contributed by atoms with E-state index in [-0.39, 0.29) is 11.5 Å². The number of alkyl halides is 3. The van der Waals surface area contributed by atoms with Crippen molar-refractivity contribution in [2.75, 3.05) is 33.8 Å². The van der Waals surface area contributed by atoms with Gasteiger partial charge in [-0.05, 0) is 55.4 Å². The Labute approximate surface area is 215 Å². The number of amides is 2. The minimum Gasteiger partial charge on any atom is -0.494 e. The number of benzene rings is 2. The third-order valence-electron chi connectivity index (χ3n) is 6.49. The van der Waals surface area contributed by atoms with Gasteiger partial charge in [-0.25, -0.2) is 0 Å². The number of likely N-dealkylation sites (tertiary alicyclic amines) is 1. The number of nitrogens with zero attached hydrogens (tertiary/aromatic N) is 2. The van der Waals surface area contributed by atoms with Crippen molar-refractivity contribution in [1.29, 1.82) is 0 Å². The van der Waals surface area contributed by atoms with Crippen molar-refractivity contribution in [3.63, 3.8) is 0 Å². The lowest BCUT2D eigenvalue weighted by Gasteiger charge is -2.35. The summed E-state index contributed by atoms with van der Waals surface area (Å²) in [7, 11) is 3.32. The second-order valence-corrected chi connectivity index (χ2v) is 9.75. The number of unbranched alkanes of at least 4 members (excludes halogenated alkanes) is 1. The molecular formula is C27H32ClF3N2O3. The van der Waals surface area contributed by atoms with Gasteiger partial charge < -0.3 is 14.5 Å². The molecule has 2 amide bonds. The van der Waals surface area contributed by atoms with E-state index in [2.05, 4.69) is 0 Å². The lowest BCUT2D eigenvalue weighted by molar-refractivity contribution is -0.172. The van der Waals surface area contributed by atoms with Crippen molar-refractivity contribution < 1.29 is 27.5 Å². The second-order valence-electron chi connectivity index (χ2n) is 9.34. The quantitative estimate of drug-likeness (QED) is 0.368. The fourth-order valence-corrected chi connectivity index (χ4v) is 4.72. The van der Waals surface area contributed by atoms with Gasteiger partial charge in [0.05, 0.1) is 17.2 Å². The van der Waals surface area contributed by atoms with Crippen LogP contribution >= 0.6 is 11.6 Å². The van der Waals surface area contributed by atoms with Gasteiger partial charge in [0, 0.05) is 27.2 Å². The molecule has 0 aliphatic carbocycles. The summed E-state index contributed by atoms with van der Waals surface area (Å²) in [6.07, 6.45) is -0.560. The molecule has 2 aromatic carbocycles. The summed E-state index contributed by atoms with van der Waals surface area (Å²) in [4.78, 5) is 27.6. The molecule has 2 aromatic rings. The molecule has 1 aliphatic rings. The molecular weight excluding hydrogens is 493 g/mol. The van der Waals surface area contributed by atoms with Crippen LogP contribution in [0.1, 0.15) is 53.9 Å². The van der Waals surface area contributed by atoms with E-state index in [4.69, 9.17) is 16.3 Å². The molecule has 1 aliphatic heterocycles. The number of piperidine rings is 1. The summed E-state index contributed by atoms with van der Waals surface area (Å²) >= 11 is 6.21. The molecule has 0 unspecified atom stereocenters. The molecule has 1 fully saturated rings. The van der Waals surface area contributed by atoms with Crippen molar-refractivity contribution in [2.45, 2.75) is 44.2 Å². The molecule has 1 saturated heterocycles. The second kappa shape index (κ2) is 12.5. The Bertz CT molecular complexity index is 1020. The van der Waals surface area contributed by atoms with E-state index in [1.54, 1.807) is 38.4 Å². The lowest BCUT2D eigenvalue weighted by Crippen LogP contribution is -2.44. The highest BCUT2D eigenvalue weighted by atomic mass is 35.5. The van der Waals surface area contributed by atoms with E-state index in [1.165, 1.54) is 34.1 Å². The molecule has 36 heavy (non-hydrogen) atoms. The predicted molar refractivity (Wildman–Crippen MR) is 133 cm³/mol. The summed E-state index contributed by atoms with van der Waals surface area (Å²) in [5.41, 5.74) is 0.404. The van der Waals surface area contributed by atoms with Crippen molar-refractivity contribution in [2.24, 2.45) is 5.92 Å². The van der Waals surface area contributed by atoms with Crippen LogP contribution in [0.25, 0.3) is 0 Å². The minimum atomic E-state index is -4.62. The van der Waals surface area contributed by atoms with Crippen LogP contribution in [0.3, 0.4) is 0 Å².